The highest BCUT2D eigenvalue weighted by atomic mass is 32.2. The van der Waals surface area contributed by atoms with Crippen LogP contribution in [-0.4, -0.2) is 39.8 Å². The summed E-state index contributed by atoms with van der Waals surface area (Å²) in [4.78, 5) is 4.89. The number of benzene rings is 2. The minimum atomic E-state index is -3.83. The fraction of sp³-hybridized carbons (Fsp3) is 0.143. The van der Waals surface area contributed by atoms with Gasteiger partial charge in [0.25, 0.3) is 15.9 Å². The second-order valence-electron chi connectivity index (χ2n) is 6.45. The highest BCUT2D eigenvalue weighted by Gasteiger charge is 2.28. The van der Waals surface area contributed by atoms with E-state index in [0.29, 0.717) is 33.5 Å². The Morgan fingerprint density at radius 3 is 2.32 bits per heavy atom. The summed E-state index contributed by atoms with van der Waals surface area (Å²) >= 11 is 1.21. The summed E-state index contributed by atoms with van der Waals surface area (Å²) in [5, 5.41) is 5.70. The second kappa shape index (κ2) is 8.40. The average molecular weight is 458 g/mol. The normalized spacial score (nSPS) is 11.3. The van der Waals surface area contributed by atoms with Crippen molar-refractivity contribution in [1.82, 2.24) is 10.1 Å². The minimum Gasteiger partial charge on any atom is -0.497 e. The van der Waals surface area contributed by atoms with Gasteiger partial charge in [-0.1, -0.05) is 23.4 Å². The Hall–Kier alpha value is -3.37. The van der Waals surface area contributed by atoms with Crippen LogP contribution in [-0.2, 0) is 10.0 Å². The van der Waals surface area contributed by atoms with Crippen molar-refractivity contribution in [2.45, 2.75) is 4.90 Å². The van der Waals surface area contributed by atoms with E-state index in [1.54, 1.807) is 62.1 Å². The number of aromatic nitrogens is 2. The summed E-state index contributed by atoms with van der Waals surface area (Å²) in [6.45, 7) is 0. The first kappa shape index (κ1) is 20.9. The molecule has 0 radical (unpaired) electrons. The van der Waals surface area contributed by atoms with E-state index >= 15 is 0 Å². The number of thiophene rings is 1. The van der Waals surface area contributed by atoms with Crippen LogP contribution in [0, 0.1) is 0 Å². The fourth-order valence-corrected chi connectivity index (χ4v) is 5.46. The summed E-state index contributed by atoms with van der Waals surface area (Å²) in [7, 11) is 0.775. The molecule has 0 aliphatic rings. The van der Waals surface area contributed by atoms with Gasteiger partial charge in [0.1, 0.15) is 21.3 Å². The molecule has 4 aromatic rings. The number of para-hydroxylation sites is 1. The molecule has 0 fully saturated rings. The Bertz CT molecular complexity index is 1280. The molecular formula is C21H19N3O5S2. The van der Waals surface area contributed by atoms with Gasteiger partial charge in [-0.3, -0.25) is 4.31 Å². The van der Waals surface area contributed by atoms with Crippen LogP contribution in [0.15, 0.2) is 69.4 Å². The largest absolute Gasteiger partial charge is 0.497 e. The fourth-order valence-electron chi connectivity index (χ4n) is 2.95. The molecule has 0 aliphatic carbocycles. The molecule has 4 rings (SSSR count). The Kier molecular flexibility index (Phi) is 5.66. The highest BCUT2D eigenvalue weighted by Crippen LogP contribution is 2.36. The monoisotopic (exact) mass is 457 g/mol. The zero-order valence-corrected chi connectivity index (χ0v) is 18.6. The zero-order chi connectivity index (χ0) is 22.0. The molecule has 0 spiro atoms. The third-order valence-corrected chi connectivity index (χ3v) is 7.48. The van der Waals surface area contributed by atoms with E-state index in [1.807, 2.05) is 6.07 Å². The van der Waals surface area contributed by atoms with Crippen LogP contribution in [0.5, 0.6) is 11.5 Å². The Morgan fingerprint density at radius 2 is 1.68 bits per heavy atom. The van der Waals surface area contributed by atoms with Crippen molar-refractivity contribution in [3.63, 3.8) is 0 Å². The number of hydrogen-bond acceptors (Lipinski definition) is 8. The molecule has 0 bridgehead atoms. The molecule has 2 heterocycles. The number of nitrogens with zero attached hydrogens (tertiary/aromatic N) is 3. The SMILES string of the molecule is COc1cc(OC)cc(-c2noc(-c3sccc3S(=O)(=O)N(C)c3ccccc3)n2)c1. The lowest BCUT2D eigenvalue weighted by atomic mass is 10.2. The van der Waals surface area contributed by atoms with Gasteiger partial charge in [-0.25, -0.2) is 8.42 Å². The van der Waals surface area contributed by atoms with Gasteiger partial charge in [-0.15, -0.1) is 11.3 Å². The van der Waals surface area contributed by atoms with Crippen LogP contribution in [0.25, 0.3) is 22.2 Å². The molecule has 0 saturated carbocycles. The Morgan fingerprint density at radius 1 is 1.00 bits per heavy atom. The third kappa shape index (κ3) is 3.99. The summed E-state index contributed by atoms with van der Waals surface area (Å²) in [6, 6.07) is 15.6. The topological polar surface area (TPSA) is 94.8 Å². The predicted octanol–water partition coefficient (Wildman–Crippen LogP) is 4.31. The van der Waals surface area contributed by atoms with Gasteiger partial charge in [0.05, 0.1) is 19.9 Å². The summed E-state index contributed by atoms with van der Waals surface area (Å²) in [5.74, 6) is 1.56. The number of ether oxygens (including phenoxy) is 2. The number of methoxy groups -OCH3 is 2. The average Bonchev–Trinajstić information content (AvgIpc) is 3.48. The van der Waals surface area contributed by atoms with Crippen LogP contribution in [0.1, 0.15) is 0 Å². The van der Waals surface area contributed by atoms with Crippen molar-refractivity contribution in [2.75, 3.05) is 25.6 Å². The van der Waals surface area contributed by atoms with Crippen LogP contribution >= 0.6 is 11.3 Å². The first-order valence-electron chi connectivity index (χ1n) is 9.13. The molecule has 0 unspecified atom stereocenters. The van der Waals surface area contributed by atoms with Gasteiger partial charge in [-0.05, 0) is 35.7 Å². The van der Waals surface area contributed by atoms with Crippen molar-refractivity contribution in [3.05, 3.63) is 60.0 Å². The lowest BCUT2D eigenvalue weighted by Crippen LogP contribution is -2.26. The van der Waals surface area contributed by atoms with E-state index < -0.39 is 10.0 Å². The number of sulfonamides is 1. The maximum Gasteiger partial charge on any atom is 0.269 e. The maximum absolute atomic E-state index is 13.2. The van der Waals surface area contributed by atoms with Crippen LogP contribution in [0.3, 0.4) is 0 Å². The zero-order valence-electron chi connectivity index (χ0n) is 17.0. The molecule has 0 saturated heterocycles. The van der Waals surface area contributed by atoms with Crippen molar-refractivity contribution < 1.29 is 22.4 Å². The Labute approximate surface area is 183 Å². The molecule has 160 valence electrons. The van der Waals surface area contributed by atoms with Gasteiger partial charge in [-0.2, -0.15) is 4.98 Å². The third-order valence-electron chi connectivity index (χ3n) is 4.62. The van der Waals surface area contributed by atoms with Crippen LogP contribution < -0.4 is 13.8 Å². The lowest BCUT2D eigenvalue weighted by molar-refractivity contribution is 0.394. The van der Waals surface area contributed by atoms with E-state index in [1.165, 1.54) is 28.8 Å². The Balaban J connectivity index is 1.72. The number of rotatable bonds is 7. The smallest absolute Gasteiger partial charge is 0.269 e. The minimum absolute atomic E-state index is 0.0993. The van der Waals surface area contributed by atoms with Crippen molar-refractivity contribution in [1.29, 1.82) is 0 Å². The molecule has 2 aromatic heterocycles. The summed E-state index contributed by atoms with van der Waals surface area (Å²) < 4.78 is 43.7. The molecule has 10 heteroatoms. The van der Waals surface area contributed by atoms with E-state index in [-0.39, 0.29) is 10.8 Å². The van der Waals surface area contributed by atoms with Crippen LogP contribution in [0.4, 0.5) is 5.69 Å². The predicted molar refractivity (Wildman–Crippen MR) is 118 cm³/mol. The van der Waals surface area contributed by atoms with Crippen molar-refractivity contribution in [2.24, 2.45) is 0 Å². The van der Waals surface area contributed by atoms with Crippen molar-refractivity contribution in [3.8, 4) is 33.7 Å². The molecule has 0 N–H and O–H groups in total. The summed E-state index contributed by atoms with van der Waals surface area (Å²) in [6.07, 6.45) is 0. The first-order chi connectivity index (χ1) is 14.9. The quantitative estimate of drug-likeness (QED) is 0.408. The molecule has 0 atom stereocenters. The van der Waals surface area contributed by atoms with Gasteiger partial charge in [0, 0.05) is 18.7 Å². The maximum atomic E-state index is 13.2. The number of anilines is 1. The molecule has 0 aliphatic heterocycles. The molecule has 0 amide bonds. The first-order valence-corrected chi connectivity index (χ1v) is 11.4. The van der Waals surface area contributed by atoms with E-state index in [0.717, 1.165) is 0 Å². The van der Waals surface area contributed by atoms with Gasteiger partial charge in [0.2, 0.25) is 5.82 Å². The molecule has 2 aromatic carbocycles. The lowest BCUT2D eigenvalue weighted by Gasteiger charge is -2.19. The van der Waals surface area contributed by atoms with Gasteiger partial charge < -0.3 is 14.0 Å². The standard InChI is InChI=1S/C21H19N3O5S2/c1-24(15-7-5-4-6-8-15)31(25,26)18-9-10-30-19(18)21-22-20(23-29-21)14-11-16(27-2)13-17(12-14)28-3/h4-13H,1-3H3. The molecular weight excluding hydrogens is 438 g/mol. The molecule has 31 heavy (non-hydrogen) atoms. The van der Waals surface area contributed by atoms with E-state index in [2.05, 4.69) is 10.1 Å². The number of hydrogen-bond donors (Lipinski definition) is 0. The van der Waals surface area contributed by atoms with Gasteiger partial charge in [0.15, 0.2) is 0 Å². The highest BCUT2D eigenvalue weighted by molar-refractivity contribution is 7.93. The van der Waals surface area contributed by atoms with E-state index in [9.17, 15) is 8.42 Å². The van der Waals surface area contributed by atoms with Crippen LogP contribution in [0.2, 0.25) is 0 Å². The van der Waals surface area contributed by atoms with E-state index in [4.69, 9.17) is 14.0 Å². The second-order valence-corrected chi connectivity index (χ2v) is 9.30. The summed E-state index contributed by atoms with van der Waals surface area (Å²) in [5.41, 5.74) is 1.17. The van der Waals surface area contributed by atoms with Crippen molar-refractivity contribution >= 4 is 27.0 Å². The van der Waals surface area contributed by atoms with Gasteiger partial charge >= 0.3 is 0 Å². The molecule has 8 nitrogen and oxygen atoms in total.